The summed E-state index contributed by atoms with van der Waals surface area (Å²) in [6.07, 6.45) is 0. The van der Waals surface area contributed by atoms with Crippen LogP contribution in [0.3, 0.4) is 0 Å². The molecule has 2 aromatic rings. The van der Waals surface area contributed by atoms with Gasteiger partial charge in [0.25, 0.3) is 5.56 Å². The molecule has 0 saturated heterocycles. The van der Waals surface area contributed by atoms with Gasteiger partial charge in [0.1, 0.15) is 5.82 Å². The molecule has 5 nitrogen and oxygen atoms in total. The quantitative estimate of drug-likeness (QED) is 0.832. The molecule has 1 aromatic heterocycles. The first-order chi connectivity index (χ1) is 9.08. The summed E-state index contributed by atoms with van der Waals surface area (Å²) in [5, 5.41) is 3.69. The minimum absolute atomic E-state index is 0.0523. The molecule has 0 aliphatic carbocycles. The van der Waals surface area contributed by atoms with E-state index in [2.05, 4.69) is 5.32 Å². The number of hydrogen-bond donors (Lipinski definition) is 2. The molecule has 0 spiro atoms. The fourth-order valence-corrected chi connectivity index (χ4v) is 2.57. The van der Waals surface area contributed by atoms with Gasteiger partial charge in [0.2, 0.25) is 5.91 Å². The molecule has 0 fully saturated rings. The predicted octanol–water partition coefficient (Wildman–Crippen LogP) is 0.270. The van der Waals surface area contributed by atoms with Crippen molar-refractivity contribution in [1.29, 1.82) is 0 Å². The molecule has 98 valence electrons. The van der Waals surface area contributed by atoms with E-state index in [1.807, 2.05) is 0 Å². The van der Waals surface area contributed by atoms with Gasteiger partial charge in [-0.25, -0.2) is 4.39 Å². The molecule has 6 heteroatoms. The van der Waals surface area contributed by atoms with Crippen LogP contribution in [0.25, 0.3) is 10.9 Å². The van der Waals surface area contributed by atoms with Crippen molar-refractivity contribution >= 4 is 16.8 Å². The summed E-state index contributed by atoms with van der Waals surface area (Å²) in [6.45, 7) is 0.253. The molecule has 1 aliphatic rings. The predicted molar refractivity (Wildman–Crippen MR) is 68.1 cm³/mol. The standard InChI is InChI=1S/C13H12FN3O2/c14-8-3-1-7-2-4-11(19)17-6-9(12(8)13(7)17)16-5-10(15)18/h1-4,9,16H,5-6H2,(H2,15,18)/t9-/m0/s1. The minimum Gasteiger partial charge on any atom is -0.369 e. The Balaban J connectivity index is 2.15. The van der Waals surface area contributed by atoms with Gasteiger partial charge in [-0.15, -0.1) is 0 Å². The van der Waals surface area contributed by atoms with E-state index >= 15 is 0 Å². The van der Waals surface area contributed by atoms with Gasteiger partial charge in [-0.1, -0.05) is 0 Å². The van der Waals surface area contributed by atoms with E-state index in [1.54, 1.807) is 12.1 Å². The number of nitrogens with zero attached hydrogens (tertiary/aromatic N) is 1. The van der Waals surface area contributed by atoms with Gasteiger partial charge < -0.3 is 10.3 Å². The number of primary amides is 1. The molecular weight excluding hydrogens is 249 g/mol. The zero-order valence-electron chi connectivity index (χ0n) is 10.0. The highest BCUT2D eigenvalue weighted by atomic mass is 19.1. The SMILES string of the molecule is NC(=O)CN[C@H]1Cn2c(=O)ccc3ccc(F)c1c32. The van der Waals surface area contributed by atoms with Crippen molar-refractivity contribution in [3.05, 3.63) is 46.0 Å². The third kappa shape index (κ3) is 1.80. The number of hydrogen-bond acceptors (Lipinski definition) is 3. The number of halogens is 1. The zero-order chi connectivity index (χ0) is 13.6. The smallest absolute Gasteiger partial charge is 0.251 e. The summed E-state index contributed by atoms with van der Waals surface area (Å²) in [6, 6.07) is 5.73. The Bertz CT molecular complexity index is 738. The van der Waals surface area contributed by atoms with E-state index < -0.39 is 11.9 Å². The second-order valence-electron chi connectivity index (χ2n) is 4.58. The Labute approximate surface area is 107 Å². The highest BCUT2D eigenvalue weighted by Gasteiger charge is 2.28. The molecule has 0 unspecified atom stereocenters. The van der Waals surface area contributed by atoms with E-state index in [0.717, 1.165) is 5.39 Å². The molecular formula is C13H12FN3O2. The normalized spacial score (nSPS) is 17.0. The highest BCUT2D eigenvalue weighted by Crippen LogP contribution is 2.32. The van der Waals surface area contributed by atoms with Crippen LogP contribution < -0.4 is 16.6 Å². The van der Waals surface area contributed by atoms with E-state index in [0.29, 0.717) is 17.6 Å². The third-order valence-corrected chi connectivity index (χ3v) is 3.37. The topological polar surface area (TPSA) is 77.1 Å². The van der Waals surface area contributed by atoms with Crippen molar-refractivity contribution in [3.8, 4) is 0 Å². The van der Waals surface area contributed by atoms with Gasteiger partial charge in [-0.3, -0.25) is 14.9 Å². The molecule has 0 radical (unpaired) electrons. The first-order valence-electron chi connectivity index (χ1n) is 5.91. The molecule has 1 aliphatic heterocycles. The average Bonchev–Trinajstić information content (AvgIpc) is 2.76. The molecule has 3 N–H and O–H groups in total. The van der Waals surface area contributed by atoms with Crippen molar-refractivity contribution in [2.75, 3.05) is 6.54 Å². The lowest BCUT2D eigenvalue weighted by molar-refractivity contribution is -0.117. The second kappa shape index (κ2) is 4.17. The van der Waals surface area contributed by atoms with E-state index in [4.69, 9.17) is 5.73 Å². The summed E-state index contributed by atoms with van der Waals surface area (Å²) in [5.41, 5.74) is 5.92. The number of nitrogens with one attached hydrogen (secondary N) is 1. The lowest BCUT2D eigenvalue weighted by Crippen LogP contribution is -2.33. The largest absolute Gasteiger partial charge is 0.369 e. The van der Waals surface area contributed by atoms with Crippen LogP contribution in [0.2, 0.25) is 0 Å². The van der Waals surface area contributed by atoms with Gasteiger partial charge >= 0.3 is 0 Å². The van der Waals surface area contributed by atoms with Crippen LogP contribution in [-0.2, 0) is 11.3 Å². The fourth-order valence-electron chi connectivity index (χ4n) is 2.57. The number of carbonyl (C=O) groups is 1. The van der Waals surface area contributed by atoms with Gasteiger partial charge in [-0.05, 0) is 23.6 Å². The lowest BCUT2D eigenvalue weighted by Gasteiger charge is -2.12. The van der Waals surface area contributed by atoms with Crippen LogP contribution in [0, 0.1) is 5.82 Å². The van der Waals surface area contributed by atoms with Gasteiger partial charge in [0.15, 0.2) is 0 Å². The van der Waals surface area contributed by atoms with Crippen LogP contribution in [0.1, 0.15) is 11.6 Å². The zero-order valence-corrected chi connectivity index (χ0v) is 10.0. The molecule has 1 aromatic carbocycles. The van der Waals surface area contributed by atoms with Crippen LogP contribution >= 0.6 is 0 Å². The van der Waals surface area contributed by atoms with Crippen LogP contribution in [0.15, 0.2) is 29.1 Å². The minimum atomic E-state index is -0.518. The molecule has 1 amide bonds. The third-order valence-electron chi connectivity index (χ3n) is 3.37. The van der Waals surface area contributed by atoms with E-state index in [9.17, 15) is 14.0 Å². The van der Waals surface area contributed by atoms with Crippen molar-refractivity contribution in [3.63, 3.8) is 0 Å². The Morgan fingerprint density at radius 2 is 2.16 bits per heavy atom. The van der Waals surface area contributed by atoms with Crippen molar-refractivity contribution in [2.24, 2.45) is 5.73 Å². The average molecular weight is 261 g/mol. The summed E-state index contributed by atoms with van der Waals surface area (Å²) in [4.78, 5) is 22.6. The van der Waals surface area contributed by atoms with E-state index in [-0.39, 0.29) is 17.9 Å². The molecule has 3 rings (SSSR count). The van der Waals surface area contributed by atoms with Gasteiger partial charge in [0.05, 0.1) is 18.1 Å². The summed E-state index contributed by atoms with van der Waals surface area (Å²) < 4.78 is 15.5. The van der Waals surface area contributed by atoms with Crippen LogP contribution in [0.5, 0.6) is 0 Å². The van der Waals surface area contributed by atoms with E-state index in [1.165, 1.54) is 16.7 Å². The maximum atomic E-state index is 14.0. The summed E-state index contributed by atoms with van der Waals surface area (Å²) in [7, 11) is 0. The molecule has 0 saturated carbocycles. The number of rotatable bonds is 3. The van der Waals surface area contributed by atoms with Crippen LogP contribution in [0.4, 0.5) is 4.39 Å². The Kier molecular flexibility index (Phi) is 2.60. The number of carbonyl (C=O) groups excluding carboxylic acids is 1. The lowest BCUT2D eigenvalue weighted by atomic mass is 10.1. The van der Waals surface area contributed by atoms with Crippen molar-refractivity contribution in [1.82, 2.24) is 9.88 Å². The first-order valence-corrected chi connectivity index (χ1v) is 5.91. The molecule has 19 heavy (non-hydrogen) atoms. The Morgan fingerprint density at radius 3 is 2.89 bits per heavy atom. The highest BCUT2D eigenvalue weighted by molar-refractivity contribution is 5.84. The number of benzene rings is 1. The van der Waals surface area contributed by atoms with Gasteiger partial charge in [-0.2, -0.15) is 0 Å². The number of nitrogens with two attached hydrogens (primary N) is 1. The van der Waals surface area contributed by atoms with Crippen molar-refractivity contribution in [2.45, 2.75) is 12.6 Å². The number of amides is 1. The summed E-state index contributed by atoms with van der Waals surface area (Å²) >= 11 is 0. The Morgan fingerprint density at radius 1 is 1.42 bits per heavy atom. The molecule has 2 heterocycles. The summed E-state index contributed by atoms with van der Waals surface area (Å²) in [5.74, 6) is -0.901. The number of aromatic nitrogens is 1. The Hall–Kier alpha value is -2.21. The van der Waals surface area contributed by atoms with Crippen LogP contribution in [-0.4, -0.2) is 17.0 Å². The number of pyridine rings is 1. The first kappa shape index (κ1) is 11.9. The van der Waals surface area contributed by atoms with Crippen molar-refractivity contribution < 1.29 is 9.18 Å². The maximum absolute atomic E-state index is 14.0. The fraction of sp³-hybridized carbons (Fsp3) is 0.231. The maximum Gasteiger partial charge on any atom is 0.251 e. The second-order valence-corrected chi connectivity index (χ2v) is 4.58. The molecule has 1 atom stereocenters. The molecule has 0 bridgehead atoms. The van der Waals surface area contributed by atoms with Gasteiger partial charge in [0, 0.05) is 18.2 Å². The monoisotopic (exact) mass is 261 g/mol.